The zero-order valence-electron chi connectivity index (χ0n) is 13.6. The molecule has 124 valence electrons. The number of H-pyrrole nitrogens is 1. The van der Waals surface area contributed by atoms with Crippen LogP contribution in [0, 0.1) is 6.92 Å². The van der Waals surface area contributed by atoms with Crippen molar-refractivity contribution in [2.75, 3.05) is 0 Å². The van der Waals surface area contributed by atoms with E-state index in [9.17, 15) is 4.79 Å². The van der Waals surface area contributed by atoms with E-state index in [1.807, 2.05) is 49.4 Å². The maximum Gasteiger partial charge on any atom is 0.266 e. The Morgan fingerprint density at radius 1 is 1.04 bits per heavy atom. The lowest BCUT2D eigenvalue weighted by Crippen LogP contribution is -2.05. The van der Waals surface area contributed by atoms with E-state index < -0.39 is 0 Å². The Labute approximate surface area is 148 Å². The van der Waals surface area contributed by atoms with Gasteiger partial charge in [0.15, 0.2) is 16.6 Å². The smallest absolute Gasteiger partial charge is 0.266 e. The zero-order valence-corrected chi connectivity index (χ0v) is 14.5. The second-order valence-corrected chi connectivity index (χ2v) is 6.68. The summed E-state index contributed by atoms with van der Waals surface area (Å²) in [5.41, 5.74) is 3.67. The van der Waals surface area contributed by atoms with Crippen LogP contribution in [0.15, 0.2) is 70.6 Å². The molecule has 0 aliphatic heterocycles. The van der Waals surface area contributed by atoms with Gasteiger partial charge in [-0.25, -0.2) is 14.5 Å². The number of aromatic amines is 1. The minimum atomic E-state index is -0.183. The molecule has 0 bridgehead atoms. The standard InChI is InChI=1S/C19H16N4OS/c1-13-7-5-6-10-15(13)18-20-16-11-17(24)22-23(16)19(21-18)25-12-14-8-3-2-4-9-14/h2-11H,12H2,1H3,(H,22,24). The fourth-order valence-corrected chi connectivity index (χ4v) is 3.55. The van der Waals surface area contributed by atoms with Crippen LogP contribution < -0.4 is 5.56 Å². The molecular formula is C19H16N4OS. The van der Waals surface area contributed by atoms with Gasteiger partial charge in [-0.3, -0.25) is 9.89 Å². The highest BCUT2D eigenvalue weighted by Gasteiger charge is 2.12. The van der Waals surface area contributed by atoms with Gasteiger partial charge in [-0.15, -0.1) is 0 Å². The monoisotopic (exact) mass is 348 g/mol. The van der Waals surface area contributed by atoms with Crippen LogP contribution in [0.1, 0.15) is 11.1 Å². The van der Waals surface area contributed by atoms with Crippen molar-refractivity contribution in [2.45, 2.75) is 17.8 Å². The minimum absolute atomic E-state index is 0.183. The van der Waals surface area contributed by atoms with E-state index in [1.165, 1.54) is 11.6 Å². The molecule has 0 saturated heterocycles. The van der Waals surface area contributed by atoms with Crippen molar-refractivity contribution >= 4 is 17.4 Å². The van der Waals surface area contributed by atoms with Crippen molar-refractivity contribution in [1.82, 2.24) is 19.6 Å². The Balaban J connectivity index is 1.79. The minimum Gasteiger partial charge on any atom is -0.268 e. The summed E-state index contributed by atoms with van der Waals surface area (Å²) in [4.78, 5) is 21.0. The van der Waals surface area contributed by atoms with Gasteiger partial charge in [-0.05, 0) is 18.1 Å². The van der Waals surface area contributed by atoms with Crippen LogP contribution in [0.5, 0.6) is 0 Å². The SMILES string of the molecule is Cc1ccccc1-c1nc(SCc2ccccc2)n2[nH]c(=O)cc2n1. The van der Waals surface area contributed by atoms with E-state index in [2.05, 4.69) is 22.2 Å². The molecule has 0 fully saturated rings. The summed E-state index contributed by atoms with van der Waals surface area (Å²) in [5.74, 6) is 1.40. The summed E-state index contributed by atoms with van der Waals surface area (Å²) in [7, 11) is 0. The Morgan fingerprint density at radius 2 is 1.80 bits per heavy atom. The molecule has 6 heteroatoms. The van der Waals surface area contributed by atoms with E-state index in [1.54, 1.807) is 16.3 Å². The van der Waals surface area contributed by atoms with Crippen LogP contribution >= 0.6 is 11.8 Å². The lowest BCUT2D eigenvalue weighted by atomic mass is 10.1. The third kappa shape index (κ3) is 3.21. The molecule has 0 saturated carbocycles. The maximum absolute atomic E-state index is 11.8. The highest BCUT2D eigenvalue weighted by Crippen LogP contribution is 2.25. The molecule has 4 aromatic rings. The normalized spacial score (nSPS) is 11.1. The fourth-order valence-electron chi connectivity index (χ4n) is 2.65. The summed E-state index contributed by atoms with van der Waals surface area (Å²) < 4.78 is 1.65. The first kappa shape index (κ1) is 15.7. The van der Waals surface area contributed by atoms with Crippen molar-refractivity contribution in [3.8, 4) is 11.4 Å². The van der Waals surface area contributed by atoms with Gasteiger partial charge in [0, 0.05) is 17.4 Å². The second-order valence-electron chi connectivity index (χ2n) is 5.73. The van der Waals surface area contributed by atoms with Crippen LogP contribution in [-0.4, -0.2) is 19.6 Å². The topological polar surface area (TPSA) is 63.1 Å². The molecule has 0 atom stereocenters. The van der Waals surface area contributed by atoms with Crippen molar-refractivity contribution in [3.05, 3.63) is 82.1 Å². The van der Waals surface area contributed by atoms with Gasteiger partial charge in [0.1, 0.15) is 0 Å². The number of rotatable bonds is 4. The van der Waals surface area contributed by atoms with Gasteiger partial charge in [-0.2, -0.15) is 0 Å². The summed E-state index contributed by atoms with van der Waals surface area (Å²) >= 11 is 1.57. The average Bonchev–Trinajstić information content (AvgIpc) is 3.01. The molecule has 0 amide bonds. The van der Waals surface area contributed by atoms with Gasteiger partial charge in [0.05, 0.1) is 0 Å². The summed E-state index contributed by atoms with van der Waals surface area (Å²) in [6.45, 7) is 2.03. The van der Waals surface area contributed by atoms with Crippen LogP contribution in [0.3, 0.4) is 0 Å². The molecule has 0 radical (unpaired) electrons. The van der Waals surface area contributed by atoms with Crippen molar-refractivity contribution in [1.29, 1.82) is 0 Å². The van der Waals surface area contributed by atoms with Gasteiger partial charge < -0.3 is 0 Å². The molecule has 1 N–H and O–H groups in total. The van der Waals surface area contributed by atoms with Crippen molar-refractivity contribution in [3.63, 3.8) is 0 Å². The maximum atomic E-state index is 11.8. The van der Waals surface area contributed by atoms with Crippen LogP contribution in [0.2, 0.25) is 0 Å². The average molecular weight is 348 g/mol. The number of fused-ring (bicyclic) bond motifs is 1. The van der Waals surface area contributed by atoms with Crippen LogP contribution in [0.4, 0.5) is 0 Å². The first-order valence-corrected chi connectivity index (χ1v) is 8.92. The lowest BCUT2D eigenvalue weighted by Gasteiger charge is -2.09. The largest absolute Gasteiger partial charge is 0.268 e. The number of aromatic nitrogens is 4. The van der Waals surface area contributed by atoms with Crippen LogP contribution in [-0.2, 0) is 5.75 Å². The van der Waals surface area contributed by atoms with E-state index >= 15 is 0 Å². The number of benzene rings is 2. The van der Waals surface area contributed by atoms with Crippen molar-refractivity contribution < 1.29 is 0 Å². The first-order chi connectivity index (χ1) is 12.2. The molecule has 0 aliphatic carbocycles. The number of nitrogens with zero attached hydrogens (tertiary/aromatic N) is 3. The van der Waals surface area contributed by atoms with Gasteiger partial charge in [0.2, 0.25) is 0 Å². The third-order valence-corrected chi connectivity index (χ3v) is 4.93. The molecule has 0 spiro atoms. The molecule has 5 nitrogen and oxygen atoms in total. The Morgan fingerprint density at radius 3 is 2.60 bits per heavy atom. The lowest BCUT2D eigenvalue weighted by molar-refractivity contribution is 0.766. The molecule has 25 heavy (non-hydrogen) atoms. The highest BCUT2D eigenvalue weighted by atomic mass is 32.2. The summed E-state index contributed by atoms with van der Waals surface area (Å²) in [5, 5.41) is 3.49. The molecule has 2 aromatic heterocycles. The van der Waals surface area contributed by atoms with Gasteiger partial charge in [0.25, 0.3) is 5.56 Å². The molecule has 2 heterocycles. The van der Waals surface area contributed by atoms with Crippen molar-refractivity contribution in [2.24, 2.45) is 0 Å². The molecule has 2 aromatic carbocycles. The number of nitrogens with one attached hydrogen (secondary N) is 1. The summed E-state index contributed by atoms with van der Waals surface area (Å²) in [6, 6.07) is 19.7. The number of hydrogen-bond acceptors (Lipinski definition) is 4. The molecule has 0 unspecified atom stereocenters. The molecular weight excluding hydrogens is 332 g/mol. The van der Waals surface area contributed by atoms with Crippen LogP contribution in [0.25, 0.3) is 17.0 Å². The number of hydrogen-bond donors (Lipinski definition) is 1. The zero-order chi connectivity index (χ0) is 17.2. The Kier molecular flexibility index (Phi) is 4.11. The third-order valence-electron chi connectivity index (χ3n) is 3.92. The molecule has 4 rings (SSSR count). The van der Waals surface area contributed by atoms with Gasteiger partial charge in [-0.1, -0.05) is 66.4 Å². The highest BCUT2D eigenvalue weighted by molar-refractivity contribution is 7.98. The quantitative estimate of drug-likeness (QED) is 0.571. The Hall–Kier alpha value is -2.86. The van der Waals surface area contributed by atoms with Gasteiger partial charge >= 0.3 is 0 Å². The predicted octanol–water partition coefficient (Wildman–Crippen LogP) is 3.69. The summed E-state index contributed by atoms with van der Waals surface area (Å²) in [6.07, 6.45) is 0. The number of aryl methyl sites for hydroxylation is 1. The molecule has 0 aliphatic rings. The predicted molar refractivity (Wildman–Crippen MR) is 99.8 cm³/mol. The van der Waals surface area contributed by atoms with E-state index in [0.717, 1.165) is 16.9 Å². The second kappa shape index (κ2) is 6.57. The first-order valence-electron chi connectivity index (χ1n) is 7.93. The fraction of sp³-hybridized carbons (Fsp3) is 0.105. The number of thioether (sulfide) groups is 1. The Bertz CT molecular complexity index is 1090. The van der Waals surface area contributed by atoms with E-state index in [4.69, 9.17) is 4.98 Å². The van der Waals surface area contributed by atoms with E-state index in [-0.39, 0.29) is 5.56 Å². The van der Waals surface area contributed by atoms with E-state index in [0.29, 0.717) is 16.6 Å².